The minimum Gasteiger partial charge on any atom is -0.507 e. The fourth-order valence-electron chi connectivity index (χ4n) is 4.46. The van der Waals surface area contributed by atoms with Gasteiger partial charge in [-0.1, -0.05) is 26.0 Å². The number of fused-ring (bicyclic) bond motifs is 1. The average Bonchev–Trinajstić information content (AvgIpc) is 3.17. The van der Waals surface area contributed by atoms with Crippen LogP contribution in [-0.2, 0) is 16.1 Å². The van der Waals surface area contributed by atoms with E-state index in [4.69, 9.17) is 14.2 Å². The van der Waals surface area contributed by atoms with Crippen molar-refractivity contribution in [1.29, 1.82) is 0 Å². The van der Waals surface area contributed by atoms with E-state index in [9.17, 15) is 14.7 Å². The smallest absolute Gasteiger partial charge is 0.295 e. The van der Waals surface area contributed by atoms with E-state index in [1.165, 1.54) is 4.90 Å². The molecule has 1 fully saturated rings. The number of ketones is 1. The Bertz CT molecular complexity index is 1350. The van der Waals surface area contributed by atoms with Gasteiger partial charge in [0.2, 0.25) is 0 Å². The molecule has 1 aromatic heterocycles. The third kappa shape index (κ3) is 5.00. The average molecular weight is 501 g/mol. The summed E-state index contributed by atoms with van der Waals surface area (Å²) < 4.78 is 17.1. The van der Waals surface area contributed by atoms with Gasteiger partial charge in [0.15, 0.2) is 11.5 Å². The van der Waals surface area contributed by atoms with Gasteiger partial charge in [0.05, 0.1) is 18.2 Å². The topological polar surface area (TPSA) is 98.2 Å². The molecular weight excluding hydrogens is 472 g/mol. The number of ether oxygens (including phenoxy) is 3. The predicted octanol–water partition coefficient (Wildman–Crippen LogP) is 4.51. The van der Waals surface area contributed by atoms with Crippen LogP contribution in [0.2, 0.25) is 0 Å². The van der Waals surface area contributed by atoms with Crippen LogP contribution in [0.5, 0.6) is 17.2 Å². The van der Waals surface area contributed by atoms with Crippen LogP contribution in [0.4, 0.5) is 0 Å². The van der Waals surface area contributed by atoms with E-state index in [-0.39, 0.29) is 17.9 Å². The molecule has 2 aliphatic heterocycles. The molecule has 3 heterocycles. The van der Waals surface area contributed by atoms with Crippen molar-refractivity contribution >= 4 is 17.4 Å². The van der Waals surface area contributed by atoms with Crippen LogP contribution in [0.3, 0.4) is 0 Å². The van der Waals surface area contributed by atoms with Crippen LogP contribution in [0.1, 0.15) is 36.6 Å². The Morgan fingerprint density at radius 2 is 1.81 bits per heavy atom. The predicted molar refractivity (Wildman–Crippen MR) is 136 cm³/mol. The van der Waals surface area contributed by atoms with Gasteiger partial charge in [-0.3, -0.25) is 14.6 Å². The van der Waals surface area contributed by atoms with E-state index < -0.39 is 17.7 Å². The highest BCUT2D eigenvalue weighted by Crippen LogP contribution is 2.42. The first-order valence-electron chi connectivity index (χ1n) is 12.2. The van der Waals surface area contributed by atoms with Crippen molar-refractivity contribution in [2.24, 2.45) is 5.92 Å². The van der Waals surface area contributed by atoms with E-state index in [0.29, 0.717) is 54.1 Å². The van der Waals surface area contributed by atoms with Crippen molar-refractivity contribution in [3.8, 4) is 17.2 Å². The van der Waals surface area contributed by atoms with Crippen molar-refractivity contribution in [3.63, 3.8) is 0 Å². The quantitative estimate of drug-likeness (QED) is 0.290. The van der Waals surface area contributed by atoms with Crippen LogP contribution in [0.15, 0.2) is 72.6 Å². The van der Waals surface area contributed by atoms with Gasteiger partial charge in [0.25, 0.3) is 11.7 Å². The molecule has 2 aromatic carbocycles. The van der Waals surface area contributed by atoms with Crippen LogP contribution >= 0.6 is 0 Å². The first-order chi connectivity index (χ1) is 17.9. The maximum absolute atomic E-state index is 13.4. The van der Waals surface area contributed by atoms with E-state index >= 15 is 0 Å². The molecule has 0 bridgehead atoms. The van der Waals surface area contributed by atoms with E-state index in [0.717, 1.165) is 5.56 Å². The number of benzene rings is 2. The number of carbonyl (C=O) groups is 2. The van der Waals surface area contributed by atoms with E-state index in [1.807, 2.05) is 24.3 Å². The number of hydrogen-bond donors (Lipinski definition) is 1. The number of rotatable bonds is 7. The van der Waals surface area contributed by atoms with Gasteiger partial charge in [-0.05, 0) is 59.5 Å². The summed E-state index contributed by atoms with van der Waals surface area (Å²) in [5, 5.41) is 11.4. The molecule has 190 valence electrons. The van der Waals surface area contributed by atoms with Gasteiger partial charge in [-0.2, -0.15) is 0 Å². The summed E-state index contributed by atoms with van der Waals surface area (Å²) in [4.78, 5) is 32.2. The van der Waals surface area contributed by atoms with Gasteiger partial charge in [-0.25, -0.2) is 0 Å². The molecule has 37 heavy (non-hydrogen) atoms. The number of likely N-dealkylation sites (tertiary alicyclic amines) is 1. The molecule has 1 amide bonds. The molecule has 2 aliphatic rings. The SMILES string of the molecule is CC(C)COc1cccc(C2/C(=C(/O)c3ccc4c(c3)OCCO4)C(=O)C(=O)N2Cc2ccncc2)c1. The Balaban J connectivity index is 1.60. The van der Waals surface area contributed by atoms with Crippen molar-refractivity contribution in [2.45, 2.75) is 26.4 Å². The maximum atomic E-state index is 13.4. The first kappa shape index (κ1) is 24.4. The largest absolute Gasteiger partial charge is 0.507 e. The monoisotopic (exact) mass is 500 g/mol. The third-order valence-electron chi connectivity index (χ3n) is 6.22. The number of aliphatic hydroxyl groups excluding tert-OH is 1. The van der Waals surface area contributed by atoms with Crippen molar-refractivity contribution < 1.29 is 28.9 Å². The lowest BCUT2D eigenvalue weighted by molar-refractivity contribution is -0.140. The van der Waals surface area contributed by atoms with Gasteiger partial charge >= 0.3 is 0 Å². The number of aliphatic hydroxyl groups is 1. The minimum atomic E-state index is -0.816. The number of aromatic nitrogens is 1. The second-order valence-electron chi connectivity index (χ2n) is 9.42. The highest BCUT2D eigenvalue weighted by Gasteiger charge is 2.46. The summed E-state index contributed by atoms with van der Waals surface area (Å²) in [6.07, 6.45) is 3.27. The number of Topliss-reactive ketones (excluding diaryl/α,β-unsaturated/α-hetero) is 1. The number of carbonyl (C=O) groups excluding carboxylic acids is 2. The molecule has 1 N–H and O–H groups in total. The standard InChI is InChI=1S/C29H28N2O6/c1-18(2)17-37-22-5-3-4-20(14-22)26-25(27(32)21-6-7-23-24(15-21)36-13-12-35-23)28(33)29(34)31(26)16-19-8-10-30-11-9-19/h3-11,14-15,18,26,32H,12-13,16-17H2,1-2H3/b27-25-. The lowest BCUT2D eigenvalue weighted by Gasteiger charge is -2.26. The summed E-state index contributed by atoms with van der Waals surface area (Å²) in [5.74, 6) is 0.283. The summed E-state index contributed by atoms with van der Waals surface area (Å²) in [6, 6.07) is 15.0. The van der Waals surface area contributed by atoms with Gasteiger partial charge < -0.3 is 24.2 Å². The molecule has 8 heteroatoms. The number of nitrogens with zero attached hydrogens (tertiary/aromatic N) is 2. The molecule has 1 saturated heterocycles. The fraction of sp³-hybridized carbons (Fsp3) is 0.276. The molecule has 8 nitrogen and oxygen atoms in total. The molecule has 3 aromatic rings. The van der Waals surface area contributed by atoms with Gasteiger partial charge in [0, 0.05) is 24.5 Å². The summed E-state index contributed by atoms with van der Waals surface area (Å²) >= 11 is 0. The van der Waals surface area contributed by atoms with Crippen LogP contribution in [-0.4, -0.2) is 46.5 Å². The second-order valence-corrected chi connectivity index (χ2v) is 9.42. The molecule has 1 atom stereocenters. The lowest BCUT2D eigenvalue weighted by atomic mass is 9.95. The summed E-state index contributed by atoms with van der Waals surface area (Å²) in [6.45, 7) is 5.64. The minimum absolute atomic E-state index is 0.0109. The number of pyridine rings is 1. The first-order valence-corrected chi connectivity index (χ1v) is 12.2. The Morgan fingerprint density at radius 1 is 1.05 bits per heavy atom. The Morgan fingerprint density at radius 3 is 2.57 bits per heavy atom. The normalized spacial score (nSPS) is 18.4. The fourth-order valence-corrected chi connectivity index (χ4v) is 4.46. The Labute approximate surface area is 215 Å². The van der Waals surface area contributed by atoms with E-state index in [1.54, 1.807) is 42.7 Å². The van der Waals surface area contributed by atoms with Crippen molar-refractivity contribution in [1.82, 2.24) is 9.88 Å². The highest BCUT2D eigenvalue weighted by molar-refractivity contribution is 6.46. The second kappa shape index (κ2) is 10.3. The molecule has 0 saturated carbocycles. The zero-order valence-corrected chi connectivity index (χ0v) is 20.7. The Hall–Kier alpha value is -4.33. The van der Waals surface area contributed by atoms with Crippen LogP contribution in [0.25, 0.3) is 5.76 Å². The molecular formula is C29H28N2O6. The lowest BCUT2D eigenvalue weighted by Crippen LogP contribution is -2.29. The molecule has 1 unspecified atom stereocenters. The zero-order valence-electron chi connectivity index (χ0n) is 20.7. The Kier molecular flexibility index (Phi) is 6.81. The zero-order chi connectivity index (χ0) is 25.9. The van der Waals surface area contributed by atoms with Gasteiger partial charge in [0.1, 0.15) is 24.7 Å². The van der Waals surface area contributed by atoms with Crippen molar-refractivity contribution in [2.75, 3.05) is 19.8 Å². The molecule has 5 rings (SSSR count). The number of hydrogen-bond acceptors (Lipinski definition) is 7. The third-order valence-corrected chi connectivity index (χ3v) is 6.22. The van der Waals surface area contributed by atoms with Crippen molar-refractivity contribution in [3.05, 3.63) is 89.3 Å². The summed E-state index contributed by atoms with van der Waals surface area (Å²) in [7, 11) is 0. The van der Waals surface area contributed by atoms with E-state index in [2.05, 4.69) is 18.8 Å². The van der Waals surface area contributed by atoms with Crippen LogP contribution < -0.4 is 14.2 Å². The highest BCUT2D eigenvalue weighted by atomic mass is 16.6. The molecule has 0 aliphatic carbocycles. The molecule has 0 radical (unpaired) electrons. The molecule has 0 spiro atoms. The van der Waals surface area contributed by atoms with Crippen LogP contribution in [0, 0.1) is 5.92 Å². The van der Waals surface area contributed by atoms with Gasteiger partial charge in [-0.15, -0.1) is 0 Å². The maximum Gasteiger partial charge on any atom is 0.295 e. The summed E-state index contributed by atoms with van der Waals surface area (Å²) in [5.41, 5.74) is 1.85. The number of amides is 1.